The van der Waals surface area contributed by atoms with Crippen molar-refractivity contribution < 1.29 is 14.3 Å². The molecule has 2 aromatic carbocycles. The number of hydrogen-bond donors (Lipinski definition) is 2. The fourth-order valence-electron chi connectivity index (χ4n) is 4.89. The Kier molecular flexibility index (Phi) is 6.35. The van der Waals surface area contributed by atoms with Crippen molar-refractivity contribution in [2.24, 2.45) is 0 Å². The Morgan fingerprint density at radius 3 is 2.79 bits per heavy atom. The summed E-state index contributed by atoms with van der Waals surface area (Å²) in [5.41, 5.74) is 4.11. The van der Waals surface area contributed by atoms with Crippen LogP contribution in [0.1, 0.15) is 41.6 Å². The third-order valence-corrected chi connectivity index (χ3v) is 6.74. The second-order valence-electron chi connectivity index (χ2n) is 8.88. The molecule has 0 radical (unpaired) electrons. The maximum atomic E-state index is 12.6. The van der Waals surface area contributed by atoms with Gasteiger partial charge in [-0.15, -0.1) is 0 Å². The number of benzene rings is 2. The predicted octanol–water partition coefficient (Wildman–Crippen LogP) is 5.30. The van der Waals surface area contributed by atoms with Gasteiger partial charge < -0.3 is 24.3 Å². The van der Waals surface area contributed by atoms with Crippen LogP contribution in [0.15, 0.2) is 54.9 Å². The van der Waals surface area contributed by atoms with Gasteiger partial charge in [0, 0.05) is 47.3 Å². The molecule has 0 saturated carbocycles. The first-order valence-electron chi connectivity index (χ1n) is 11.8. The lowest BCUT2D eigenvalue weighted by Crippen LogP contribution is -2.38. The number of unbranched alkanes of at least 4 members (excludes halogenated alkanes) is 1. The first-order chi connectivity index (χ1) is 16.2. The van der Waals surface area contributed by atoms with E-state index in [1.54, 1.807) is 7.11 Å². The molecule has 1 saturated heterocycles. The molecule has 1 aliphatic heterocycles. The number of likely N-dealkylation sites (tertiary alicyclic amines) is 1. The summed E-state index contributed by atoms with van der Waals surface area (Å²) in [5.74, 6) is 0.721. The molecule has 2 aromatic heterocycles. The molecule has 0 aliphatic carbocycles. The molecule has 0 bridgehead atoms. The topological polar surface area (TPSA) is 70.3 Å². The standard InChI is InChI=1S/C27H31N3O3/c1-32-25-7-4-6-24-26(25)21(18-29-24)5-2-3-14-30-15-11-22(12-16-30)33-27(31)20-8-9-23-19(17-20)10-13-28-23/h4,6-10,13,17-18,22,28-29H,2-3,5,11-12,14-16H2,1H3. The Labute approximate surface area is 193 Å². The second kappa shape index (κ2) is 9.71. The number of fused-ring (bicyclic) bond motifs is 2. The van der Waals surface area contributed by atoms with Crippen molar-refractivity contribution in [3.63, 3.8) is 0 Å². The van der Waals surface area contributed by atoms with Crippen LogP contribution >= 0.6 is 0 Å². The summed E-state index contributed by atoms with van der Waals surface area (Å²) in [6, 6.07) is 13.8. The summed E-state index contributed by atoms with van der Waals surface area (Å²) in [6.07, 6.45) is 9.14. The molecule has 0 amide bonds. The molecule has 3 heterocycles. The quantitative estimate of drug-likeness (QED) is 0.285. The maximum absolute atomic E-state index is 12.6. The van der Waals surface area contributed by atoms with Gasteiger partial charge in [0.05, 0.1) is 12.7 Å². The summed E-state index contributed by atoms with van der Waals surface area (Å²) < 4.78 is 11.3. The van der Waals surface area contributed by atoms with Crippen molar-refractivity contribution in [1.82, 2.24) is 14.9 Å². The number of esters is 1. The van der Waals surface area contributed by atoms with Gasteiger partial charge >= 0.3 is 5.97 Å². The highest BCUT2D eigenvalue weighted by Crippen LogP contribution is 2.29. The summed E-state index contributed by atoms with van der Waals surface area (Å²) >= 11 is 0. The number of aromatic nitrogens is 2. The number of hydrogen-bond acceptors (Lipinski definition) is 4. The van der Waals surface area contributed by atoms with Crippen LogP contribution in [0.25, 0.3) is 21.8 Å². The number of piperidine rings is 1. The average Bonchev–Trinajstić information content (AvgIpc) is 3.49. The van der Waals surface area contributed by atoms with Gasteiger partial charge in [0.15, 0.2) is 0 Å². The largest absolute Gasteiger partial charge is 0.496 e. The minimum Gasteiger partial charge on any atom is -0.496 e. The highest BCUT2D eigenvalue weighted by atomic mass is 16.5. The molecule has 172 valence electrons. The van der Waals surface area contributed by atoms with Crippen molar-refractivity contribution in [2.45, 2.75) is 38.2 Å². The molecule has 0 unspecified atom stereocenters. The van der Waals surface area contributed by atoms with E-state index < -0.39 is 0 Å². The fourth-order valence-corrected chi connectivity index (χ4v) is 4.89. The number of carbonyl (C=O) groups excluding carboxylic acids is 1. The summed E-state index contributed by atoms with van der Waals surface area (Å²) in [4.78, 5) is 21.6. The number of aromatic amines is 2. The molecular formula is C27H31N3O3. The van der Waals surface area contributed by atoms with Crippen LogP contribution < -0.4 is 4.74 Å². The first-order valence-corrected chi connectivity index (χ1v) is 11.8. The molecule has 1 aliphatic rings. The Hall–Kier alpha value is -3.25. The van der Waals surface area contributed by atoms with Gasteiger partial charge in [-0.05, 0) is 80.6 Å². The first kappa shape index (κ1) is 21.6. The van der Waals surface area contributed by atoms with E-state index in [2.05, 4.69) is 27.1 Å². The Balaban J connectivity index is 1.05. The zero-order chi connectivity index (χ0) is 22.6. The molecule has 4 aromatic rings. The average molecular weight is 446 g/mol. The summed E-state index contributed by atoms with van der Waals surface area (Å²) in [5, 5.41) is 2.24. The van der Waals surface area contributed by atoms with Crippen molar-refractivity contribution in [1.29, 1.82) is 0 Å². The van der Waals surface area contributed by atoms with E-state index in [9.17, 15) is 4.79 Å². The van der Waals surface area contributed by atoms with E-state index in [-0.39, 0.29) is 12.1 Å². The van der Waals surface area contributed by atoms with Gasteiger partial charge in [-0.2, -0.15) is 0 Å². The summed E-state index contributed by atoms with van der Waals surface area (Å²) in [6.45, 7) is 3.05. The van der Waals surface area contributed by atoms with E-state index in [0.29, 0.717) is 5.56 Å². The Morgan fingerprint density at radius 2 is 1.94 bits per heavy atom. The van der Waals surface area contributed by atoms with Crippen molar-refractivity contribution >= 4 is 27.8 Å². The molecule has 0 atom stereocenters. The molecule has 2 N–H and O–H groups in total. The minimum absolute atomic E-state index is 0.00866. The number of carbonyl (C=O) groups is 1. The zero-order valence-corrected chi connectivity index (χ0v) is 19.1. The van der Waals surface area contributed by atoms with Gasteiger partial charge in [0.1, 0.15) is 11.9 Å². The van der Waals surface area contributed by atoms with Crippen LogP contribution in [0.4, 0.5) is 0 Å². The van der Waals surface area contributed by atoms with Gasteiger partial charge in [0.2, 0.25) is 0 Å². The predicted molar refractivity (Wildman–Crippen MR) is 131 cm³/mol. The third-order valence-electron chi connectivity index (χ3n) is 6.74. The van der Waals surface area contributed by atoms with Crippen LogP contribution in [-0.4, -0.2) is 53.7 Å². The number of rotatable bonds is 8. The number of nitrogens with one attached hydrogen (secondary N) is 2. The smallest absolute Gasteiger partial charge is 0.338 e. The number of H-pyrrole nitrogens is 2. The van der Waals surface area contributed by atoms with Crippen molar-refractivity contribution in [2.75, 3.05) is 26.7 Å². The Bertz CT molecular complexity index is 1230. The molecule has 5 rings (SSSR count). The summed E-state index contributed by atoms with van der Waals surface area (Å²) in [7, 11) is 1.73. The highest BCUT2D eigenvalue weighted by Gasteiger charge is 2.23. The minimum atomic E-state index is -0.217. The highest BCUT2D eigenvalue weighted by molar-refractivity contribution is 5.94. The third kappa shape index (κ3) is 4.76. The lowest BCUT2D eigenvalue weighted by atomic mass is 10.0. The monoisotopic (exact) mass is 445 g/mol. The van der Waals surface area contributed by atoms with Crippen molar-refractivity contribution in [3.8, 4) is 5.75 Å². The lowest BCUT2D eigenvalue weighted by Gasteiger charge is -2.31. The molecule has 33 heavy (non-hydrogen) atoms. The fraction of sp³-hybridized carbons (Fsp3) is 0.370. The van der Waals surface area contributed by atoms with Crippen LogP contribution in [0.2, 0.25) is 0 Å². The van der Waals surface area contributed by atoms with E-state index in [0.717, 1.165) is 73.9 Å². The number of nitrogens with zero attached hydrogens (tertiary/aromatic N) is 1. The molecule has 0 spiro atoms. The van der Waals surface area contributed by atoms with Crippen LogP contribution in [0.5, 0.6) is 5.75 Å². The van der Waals surface area contributed by atoms with Crippen molar-refractivity contribution in [3.05, 3.63) is 66.0 Å². The molecule has 6 heteroatoms. The van der Waals surface area contributed by atoms with Crippen LogP contribution in [0.3, 0.4) is 0 Å². The van der Waals surface area contributed by atoms with Gasteiger partial charge in [-0.3, -0.25) is 0 Å². The molecule has 1 fully saturated rings. The van der Waals surface area contributed by atoms with Crippen LogP contribution in [-0.2, 0) is 11.2 Å². The van der Waals surface area contributed by atoms with E-state index in [4.69, 9.17) is 9.47 Å². The molecule has 6 nitrogen and oxygen atoms in total. The normalized spacial score (nSPS) is 15.3. The Morgan fingerprint density at radius 1 is 1.06 bits per heavy atom. The van der Waals surface area contributed by atoms with E-state index >= 15 is 0 Å². The van der Waals surface area contributed by atoms with E-state index in [1.165, 1.54) is 10.9 Å². The zero-order valence-electron chi connectivity index (χ0n) is 19.1. The van der Waals surface area contributed by atoms with Crippen LogP contribution in [0, 0.1) is 0 Å². The maximum Gasteiger partial charge on any atom is 0.338 e. The SMILES string of the molecule is COc1cccc2[nH]cc(CCCCN3CCC(OC(=O)c4ccc5[nH]ccc5c4)CC3)c12. The number of aryl methyl sites for hydroxylation is 1. The number of methoxy groups -OCH3 is 1. The van der Waals surface area contributed by atoms with Gasteiger partial charge in [-0.25, -0.2) is 4.79 Å². The number of ether oxygens (including phenoxy) is 2. The van der Waals surface area contributed by atoms with Gasteiger partial charge in [0.25, 0.3) is 0 Å². The lowest BCUT2D eigenvalue weighted by molar-refractivity contribution is 0.0112. The second-order valence-corrected chi connectivity index (χ2v) is 8.88. The van der Waals surface area contributed by atoms with E-state index in [1.807, 2.05) is 42.6 Å². The van der Waals surface area contributed by atoms with Gasteiger partial charge in [-0.1, -0.05) is 6.07 Å². The molecular weight excluding hydrogens is 414 g/mol.